The van der Waals surface area contributed by atoms with Crippen LogP contribution in [0.3, 0.4) is 0 Å². The van der Waals surface area contributed by atoms with Gasteiger partial charge in [-0.2, -0.15) is 5.26 Å². The first-order valence-electron chi connectivity index (χ1n) is 3.72. The van der Waals surface area contributed by atoms with E-state index in [0.29, 0.717) is 6.42 Å². The third-order valence-electron chi connectivity index (χ3n) is 1.62. The molecule has 0 radical (unpaired) electrons. The third kappa shape index (κ3) is 3.11. The van der Waals surface area contributed by atoms with Crippen molar-refractivity contribution in [1.29, 1.82) is 5.26 Å². The highest BCUT2D eigenvalue weighted by Crippen LogP contribution is 2.24. The molecular formula is C9H8Br2N2. The number of nitrogens with zero attached hydrogens (tertiary/aromatic N) is 1. The third-order valence-corrected chi connectivity index (χ3v) is 2.54. The Hall–Kier alpha value is -0.370. The number of nitrogens with two attached hydrogens (primary N) is 1. The van der Waals surface area contributed by atoms with Crippen LogP contribution in [0.4, 0.5) is 0 Å². The molecule has 0 aliphatic carbocycles. The van der Waals surface area contributed by atoms with E-state index in [0.717, 1.165) is 14.5 Å². The lowest BCUT2D eigenvalue weighted by Crippen LogP contribution is -2.09. The van der Waals surface area contributed by atoms with Crippen LogP contribution < -0.4 is 5.73 Å². The minimum atomic E-state index is -0.209. The van der Waals surface area contributed by atoms with Crippen LogP contribution in [0.2, 0.25) is 0 Å². The van der Waals surface area contributed by atoms with Crippen molar-refractivity contribution in [2.24, 2.45) is 5.73 Å². The summed E-state index contributed by atoms with van der Waals surface area (Å²) >= 11 is 6.73. The van der Waals surface area contributed by atoms with Gasteiger partial charge in [0.1, 0.15) is 0 Å². The Bertz CT molecular complexity index is 324. The van der Waals surface area contributed by atoms with Crippen molar-refractivity contribution in [1.82, 2.24) is 0 Å². The van der Waals surface area contributed by atoms with Crippen molar-refractivity contribution in [3.8, 4) is 6.07 Å². The fraction of sp³-hybridized carbons (Fsp3) is 0.222. The van der Waals surface area contributed by atoms with Crippen LogP contribution in [0.5, 0.6) is 0 Å². The van der Waals surface area contributed by atoms with E-state index in [-0.39, 0.29) is 6.04 Å². The van der Waals surface area contributed by atoms with E-state index in [4.69, 9.17) is 11.0 Å². The summed E-state index contributed by atoms with van der Waals surface area (Å²) < 4.78 is 1.93. The molecule has 0 heterocycles. The zero-order chi connectivity index (χ0) is 9.84. The summed E-state index contributed by atoms with van der Waals surface area (Å²) in [6.45, 7) is 0. The van der Waals surface area contributed by atoms with Crippen molar-refractivity contribution in [3.63, 3.8) is 0 Å². The molecule has 13 heavy (non-hydrogen) atoms. The normalized spacial score (nSPS) is 12.2. The number of hydrogen-bond acceptors (Lipinski definition) is 2. The van der Waals surface area contributed by atoms with Gasteiger partial charge in [-0.05, 0) is 23.8 Å². The zero-order valence-electron chi connectivity index (χ0n) is 6.80. The van der Waals surface area contributed by atoms with Crippen molar-refractivity contribution in [3.05, 3.63) is 32.7 Å². The molecule has 0 saturated carbocycles. The SMILES string of the molecule is N#CCC(N)c1cc(Br)cc(Br)c1. The van der Waals surface area contributed by atoms with E-state index in [9.17, 15) is 0 Å². The Kier molecular flexibility index (Phi) is 3.91. The molecule has 2 N–H and O–H groups in total. The first-order valence-corrected chi connectivity index (χ1v) is 5.30. The molecule has 0 amide bonds. The zero-order valence-corrected chi connectivity index (χ0v) is 9.97. The second-order valence-corrected chi connectivity index (χ2v) is 4.50. The molecule has 1 aromatic carbocycles. The van der Waals surface area contributed by atoms with Gasteiger partial charge in [-0.1, -0.05) is 31.9 Å². The standard InChI is InChI=1S/C9H8Br2N2/c10-7-3-6(4-8(11)5-7)9(13)1-2-12/h3-5,9H,1,13H2. The van der Waals surface area contributed by atoms with Crippen molar-refractivity contribution in [2.75, 3.05) is 0 Å². The van der Waals surface area contributed by atoms with Gasteiger partial charge in [0.05, 0.1) is 12.5 Å². The largest absolute Gasteiger partial charge is 0.323 e. The molecule has 0 fully saturated rings. The van der Waals surface area contributed by atoms with E-state index in [1.807, 2.05) is 24.3 Å². The van der Waals surface area contributed by atoms with Gasteiger partial charge in [0.2, 0.25) is 0 Å². The average Bonchev–Trinajstić information content (AvgIpc) is 2.03. The first kappa shape index (κ1) is 10.7. The Labute approximate surface area is 94.0 Å². The highest BCUT2D eigenvalue weighted by Gasteiger charge is 2.06. The second-order valence-electron chi connectivity index (χ2n) is 2.67. The molecule has 0 spiro atoms. The fourth-order valence-electron chi connectivity index (χ4n) is 1.01. The van der Waals surface area contributed by atoms with Gasteiger partial charge in [-0.15, -0.1) is 0 Å². The van der Waals surface area contributed by atoms with Gasteiger partial charge in [-0.25, -0.2) is 0 Å². The minimum Gasteiger partial charge on any atom is -0.323 e. The Morgan fingerprint density at radius 1 is 1.31 bits per heavy atom. The van der Waals surface area contributed by atoms with Crippen molar-refractivity contribution < 1.29 is 0 Å². The quantitative estimate of drug-likeness (QED) is 0.912. The summed E-state index contributed by atoms with van der Waals surface area (Å²) in [4.78, 5) is 0. The van der Waals surface area contributed by atoms with E-state index in [1.165, 1.54) is 0 Å². The second kappa shape index (κ2) is 4.75. The van der Waals surface area contributed by atoms with Crippen LogP contribution in [0, 0.1) is 11.3 Å². The first-order chi connectivity index (χ1) is 6.13. The number of halogens is 2. The molecule has 1 aromatic rings. The Morgan fingerprint density at radius 3 is 2.31 bits per heavy atom. The summed E-state index contributed by atoms with van der Waals surface area (Å²) in [6.07, 6.45) is 0.336. The van der Waals surface area contributed by atoms with E-state index >= 15 is 0 Å². The number of rotatable bonds is 2. The maximum absolute atomic E-state index is 8.48. The average molecular weight is 304 g/mol. The Morgan fingerprint density at radius 2 is 1.85 bits per heavy atom. The molecule has 0 aliphatic rings. The van der Waals surface area contributed by atoms with Crippen LogP contribution in [0.1, 0.15) is 18.0 Å². The maximum atomic E-state index is 8.48. The Balaban J connectivity index is 2.95. The highest BCUT2D eigenvalue weighted by molar-refractivity contribution is 9.11. The fourth-order valence-corrected chi connectivity index (χ4v) is 2.33. The lowest BCUT2D eigenvalue weighted by molar-refractivity contribution is 0.747. The van der Waals surface area contributed by atoms with Crippen molar-refractivity contribution in [2.45, 2.75) is 12.5 Å². The number of hydrogen-bond donors (Lipinski definition) is 1. The molecule has 1 atom stereocenters. The molecule has 68 valence electrons. The summed E-state index contributed by atoms with van der Waals surface area (Å²) in [7, 11) is 0. The van der Waals surface area contributed by atoms with Crippen LogP contribution in [0.15, 0.2) is 27.1 Å². The predicted molar refractivity (Wildman–Crippen MR) is 59.0 cm³/mol. The molecule has 1 unspecified atom stereocenters. The van der Waals surface area contributed by atoms with Gasteiger partial charge in [0, 0.05) is 15.0 Å². The summed E-state index contributed by atoms with van der Waals surface area (Å²) in [5, 5.41) is 8.48. The topological polar surface area (TPSA) is 49.8 Å². The van der Waals surface area contributed by atoms with Crippen LogP contribution in [-0.2, 0) is 0 Å². The van der Waals surface area contributed by atoms with Gasteiger partial charge >= 0.3 is 0 Å². The minimum absolute atomic E-state index is 0.209. The molecule has 0 aromatic heterocycles. The predicted octanol–water partition coefficient (Wildman–Crippen LogP) is 3.13. The van der Waals surface area contributed by atoms with E-state index in [2.05, 4.69) is 31.9 Å². The van der Waals surface area contributed by atoms with Crippen molar-refractivity contribution >= 4 is 31.9 Å². The smallest absolute Gasteiger partial charge is 0.0641 e. The molecule has 0 bridgehead atoms. The number of nitriles is 1. The summed E-state index contributed by atoms with van der Waals surface area (Å²) in [5.41, 5.74) is 6.74. The summed E-state index contributed by atoms with van der Waals surface area (Å²) in [5.74, 6) is 0. The molecule has 0 aliphatic heterocycles. The summed E-state index contributed by atoms with van der Waals surface area (Å²) in [6, 6.07) is 7.62. The monoisotopic (exact) mass is 302 g/mol. The number of benzene rings is 1. The highest BCUT2D eigenvalue weighted by atomic mass is 79.9. The van der Waals surface area contributed by atoms with Gasteiger partial charge in [0.25, 0.3) is 0 Å². The molecule has 2 nitrogen and oxygen atoms in total. The van der Waals surface area contributed by atoms with E-state index < -0.39 is 0 Å². The lowest BCUT2D eigenvalue weighted by Gasteiger charge is -2.08. The molecule has 1 rings (SSSR count). The van der Waals surface area contributed by atoms with Crippen LogP contribution in [-0.4, -0.2) is 0 Å². The molecule has 0 saturated heterocycles. The van der Waals surface area contributed by atoms with Crippen LogP contribution >= 0.6 is 31.9 Å². The van der Waals surface area contributed by atoms with Gasteiger partial charge in [-0.3, -0.25) is 0 Å². The van der Waals surface area contributed by atoms with E-state index in [1.54, 1.807) is 0 Å². The van der Waals surface area contributed by atoms with Gasteiger partial charge in [0.15, 0.2) is 0 Å². The maximum Gasteiger partial charge on any atom is 0.0641 e. The molecule has 4 heteroatoms. The van der Waals surface area contributed by atoms with Crippen LogP contribution in [0.25, 0.3) is 0 Å². The molecular weight excluding hydrogens is 296 g/mol. The van der Waals surface area contributed by atoms with Gasteiger partial charge < -0.3 is 5.73 Å². The lowest BCUT2D eigenvalue weighted by atomic mass is 10.1.